The highest BCUT2D eigenvalue weighted by molar-refractivity contribution is 6.88. The quantitative estimate of drug-likeness (QED) is 0.110. The van der Waals surface area contributed by atoms with Crippen LogP contribution in [0.25, 0.3) is 11.4 Å². The van der Waals surface area contributed by atoms with Crippen molar-refractivity contribution in [1.29, 1.82) is 0 Å². The van der Waals surface area contributed by atoms with Gasteiger partial charge in [0.25, 0.3) is 12.3 Å². The molecule has 1 saturated carbocycles. The molecule has 2 aromatic carbocycles. The summed E-state index contributed by atoms with van der Waals surface area (Å²) >= 11 is 6.45. The van der Waals surface area contributed by atoms with Crippen LogP contribution < -0.4 is 16.0 Å². The zero-order valence-electron chi connectivity index (χ0n) is 32.1. The predicted octanol–water partition coefficient (Wildman–Crippen LogP) is 6.64. The molecule has 22 heteroatoms. The second kappa shape index (κ2) is 15.1. The number of ether oxygens (including phenoxy) is 1. The van der Waals surface area contributed by atoms with Gasteiger partial charge < -0.3 is 15.2 Å². The van der Waals surface area contributed by atoms with Gasteiger partial charge in [0.15, 0.2) is 11.4 Å². The molecule has 15 nitrogen and oxygen atoms in total. The average Bonchev–Trinajstić information content (AvgIpc) is 3.43. The highest BCUT2D eigenvalue weighted by atomic mass is 35.5. The van der Waals surface area contributed by atoms with E-state index in [0.29, 0.717) is 11.3 Å². The first-order valence-electron chi connectivity index (χ1n) is 17.9. The number of carboxylic acid groups (broad SMARTS) is 1. The molecule has 58 heavy (non-hydrogen) atoms. The van der Waals surface area contributed by atoms with Crippen molar-refractivity contribution in [3.63, 3.8) is 0 Å². The van der Waals surface area contributed by atoms with Crippen LogP contribution in [-0.2, 0) is 15.1 Å². The molecular formula is C36H40ClF5N10O5Si. The Hall–Kier alpha value is -5.44. The molecule has 4 aromatic rings. The summed E-state index contributed by atoms with van der Waals surface area (Å²) in [5.41, 5.74) is -4.13. The van der Waals surface area contributed by atoms with Gasteiger partial charge in [0.2, 0.25) is 5.96 Å². The van der Waals surface area contributed by atoms with Crippen molar-refractivity contribution in [1.82, 2.24) is 45.3 Å². The topological polar surface area (TPSA) is 182 Å². The van der Waals surface area contributed by atoms with Gasteiger partial charge >= 0.3 is 18.4 Å². The molecule has 1 aliphatic heterocycles. The summed E-state index contributed by atoms with van der Waals surface area (Å²) in [7, 11) is -1.81. The van der Waals surface area contributed by atoms with Gasteiger partial charge in [-0.2, -0.15) is 18.3 Å². The summed E-state index contributed by atoms with van der Waals surface area (Å²) in [4.78, 5) is 49.8. The molecule has 1 fully saturated rings. The number of alkyl carbamates (subject to hydrolysis) is 1. The van der Waals surface area contributed by atoms with Crippen LogP contribution in [0.15, 0.2) is 60.0 Å². The minimum absolute atomic E-state index is 0.00726. The Morgan fingerprint density at radius 3 is 2.29 bits per heavy atom. The Morgan fingerprint density at radius 2 is 1.74 bits per heavy atom. The maximum absolute atomic E-state index is 15.2. The fourth-order valence-corrected chi connectivity index (χ4v) is 7.69. The number of hydrogen-bond donors (Lipinski definition) is 3. The van der Waals surface area contributed by atoms with E-state index >= 15 is 4.79 Å². The number of carbonyl (C=O) groups is 3. The van der Waals surface area contributed by atoms with Crippen LogP contribution in [0.1, 0.15) is 69.5 Å². The maximum atomic E-state index is 15.2. The number of aromatic nitrogens is 6. The van der Waals surface area contributed by atoms with E-state index in [2.05, 4.69) is 45.4 Å². The number of carbonyl (C=O) groups excluding carboxylic acids is 2. The SMILES string of the molecule is CC(C)(C)C[C@]1(c2ccc(-n3cc([Si](C)(C)C)nn3)cc2)N=C(NC(=O)O)N([C@H](COC(=O)NC2(C(F)(F)F)CC2)c2ccc(Cl)c(-n3ncnc3C(F)F)c2)C1=O. The fourth-order valence-electron chi connectivity index (χ4n) is 6.64. The lowest BCUT2D eigenvalue weighted by Gasteiger charge is -2.35. The number of halogens is 6. The Morgan fingerprint density at radius 1 is 1.07 bits per heavy atom. The maximum Gasteiger partial charge on any atom is 0.411 e. The second-order valence-corrected chi connectivity index (χ2v) is 21.8. The molecule has 310 valence electrons. The molecule has 2 aliphatic rings. The first kappa shape index (κ1) is 42.2. The van der Waals surface area contributed by atoms with Crippen molar-refractivity contribution < 1.29 is 46.2 Å². The number of rotatable bonds is 11. The van der Waals surface area contributed by atoms with E-state index in [9.17, 15) is 36.6 Å². The molecule has 0 spiro atoms. The minimum atomic E-state index is -4.78. The highest BCUT2D eigenvalue weighted by Gasteiger charge is 2.65. The van der Waals surface area contributed by atoms with Gasteiger partial charge in [0, 0.05) is 6.20 Å². The number of nitrogens with one attached hydrogen (secondary N) is 2. The molecule has 0 saturated heterocycles. The summed E-state index contributed by atoms with van der Waals surface area (Å²) in [6.45, 7) is 11.0. The monoisotopic (exact) mass is 850 g/mol. The summed E-state index contributed by atoms with van der Waals surface area (Å²) in [5.74, 6) is -2.08. The third-order valence-electron chi connectivity index (χ3n) is 9.64. The van der Waals surface area contributed by atoms with Crippen molar-refractivity contribution >= 4 is 49.0 Å². The lowest BCUT2D eigenvalue weighted by Crippen LogP contribution is -2.51. The van der Waals surface area contributed by atoms with Crippen molar-refractivity contribution in [3.8, 4) is 11.4 Å². The number of hydrogen-bond acceptors (Lipinski definition) is 9. The van der Waals surface area contributed by atoms with Crippen molar-refractivity contribution in [2.24, 2.45) is 10.4 Å². The summed E-state index contributed by atoms with van der Waals surface area (Å²) in [6, 6.07) is 9.01. The van der Waals surface area contributed by atoms with Gasteiger partial charge in [-0.15, -0.1) is 5.10 Å². The van der Waals surface area contributed by atoms with Crippen LogP contribution in [0, 0.1) is 5.41 Å². The number of benzene rings is 2. The van der Waals surface area contributed by atoms with E-state index in [1.54, 1.807) is 28.9 Å². The van der Waals surface area contributed by atoms with E-state index in [1.807, 2.05) is 32.3 Å². The summed E-state index contributed by atoms with van der Waals surface area (Å²) in [5, 5.41) is 27.2. The number of alkyl halides is 5. The van der Waals surface area contributed by atoms with Crippen molar-refractivity contribution in [2.75, 3.05) is 6.61 Å². The van der Waals surface area contributed by atoms with Crippen molar-refractivity contribution in [2.45, 2.75) is 89.4 Å². The Kier molecular flexibility index (Phi) is 10.9. The Balaban J connectivity index is 1.46. The van der Waals surface area contributed by atoms with E-state index < -0.39 is 79.7 Å². The first-order chi connectivity index (χ1) is 26.9. The molecule has 0 bridgehead atoms. The lowest BCUT2D eigenvalue weighted by atomic mass is 9.75. The lowest BCUT2D eigenvalue weighted by molar-refractivity contribution is -0.164. The number of guanidine groups is 1. The number of aliphatic imine (C=N–C) groups is 1. The molecule has 2 aromatic heterocycles. The average molecular weight is 851 g/mol. The van der Waals surface area contributed by atoms with Crippen LogP contribution >= 0.6 is 11.6 Å². The molecule has 3 amide bonds. The zero-order chi connectivity index (χ0) is 42.6. The van der Waals surface area contributed by atoms with Gasteiger partial charge in [-0.05, 0) is 60.1 Å². The number of nitrogens with zero attached hydrogens (tertiary/aromatic N) is 8. The molecule has 3 N–H and O–H groups in total. The Bertz CT molecular complexity index is 2250. The van der Waals surface area contributed by atoms with Gasteiger partial charge in [0.05, 0.1) is 27.8 Å². The van der Waals surface area contributed by atoms with Gasteiger partial charge in [0.1, 0.15) is 26.5 Å². The van der Waals surface area contributed by atoms with Crippen LogP contribution in [0.2, 0.25) is 24.7 Å². The van der Waals surface area contributed by atoms with Crippen LogP contribution in [0.4, 0.5) is 31.5 Å². The predicted molar refractivity (Wildman–Crippen MR) is 202 cm³/mol. The molecule has 2 atom stereocenters. The normalized spacial score (nSPS) is 18.6. The van der Waals surface area contributed by atoms with E-state index in [0.717, 1.165) is 21.2 Å². The van der Waals surface area contributed by atoms with E-state index in [-0.39, 0.29) is 35.5 Å². The third kappa shape index (κ3) is 8.40. The first-order valence-corrected chi connectivity index (χ1v) is 21.8. The van der Waals surface area contributed by atoms with Gasteiger partial charge in [-0.3, -0.25) is 15.0 Å². The second-order valence-electron chi connectivity index (χ2n) is 16.3. The van der Waals surface area contributed by atoms with Crippen molar-refractivity contribution in [3.05, 3.63) is 77.0 Å². The molecule has 3 heterocycles. The molecule has 0 radical (unpaired) electrons. The minimum Gasteiger partial charge on any atom is -0.465 e. The third-order valence-corrected chi connectivity index (χ3v) is 11.7. The molecular weight excluding hydrogens is 811 g/mol. The van der Waals surface area contributed by atoms with Crippen LogP contribution in [0.3, 0.4) is 0 Å². The summed E-state index contributed by atoms with van der Waals surface area (Å²) < 4.78 is 76.9. The fraction of sp³-hybridized carbons (Fsp3) is 0.444. The molecule has 0 unspecified atom stereocenters. The summed E-state index contributed by atoms with van der Waals surface area (Å²) in [6.07, 6.45) is -9.02. The van der Waals surface area contributed by atoms with Crippen LogP contribution in [0.5, 0.6) is 0 Å². The highest BCUT2D eigenvalue weighted by Crippen LogP contribution is 2.49. The standard InChI is InChI=1S/C36H40ClF5N10O5Si/c1-33(2,3)18-35(21-8-10-22(11-9-21)50-16-26(48-49-50)58(4,5)6)29(53)51(30(46-35)45-31(54)55)25(17-57-32(56)47-34(13-14-34)36(40,41)42)20-7-12-23(37)24(15-20)52-28(27(38)39)43-19-44-52/h7-12,15-16,19,25,27H,13-14,17-18H2,1-6H3,(H,45,46)(H,47,56)(H,54,55)/t25-,35-/m1/s1. The molecule has 6 rings (SSSR count). The van der Waals surface area contributed by atoms with Gasteiger partial charge in [-0.1, -0.05) is 75.4 Å². The van der Waals surface area contributed by atoms with Gasteiger partial charge in [-0.25, -0.2) is 37.7 Å². The van der Waals surface area contributed by atoms with E-state index in [1.165, 1.54) is 18.2 Å². The van der Waals surface area contributed by atoms with E-state index in [4.69, 9.17) is 21.3 Å². The zero-order valence-corrected chi connectivity index (χ0v) is 33.9. The number of amides is 3. The largest absolute Gasteiger partial charge is 0.465 e. The Labute approximate surface area is 334 Å². The van der Waals surface area contributed by atoms with Crippen LogP contribution in [-0.4, -0.2) is 90.2 Å². The smallest absolute Gasteiger partial charge is 0.411 e. The molecule has 1 aliphatic carbocycles.